The van der Waals surface area contributed by atoms with Crippen molar-refractivity contribution >= 4 is 17.4 Å². The van der Waals surface area contributed by atoms with Crippen LogP contribution in [0.1, 0.15) is 27.6 Å². The van der Waals surface area contributed by atoms with Crippen molar-refractivity contribution in [2.45, 2.75) is 13.3 Å². The lowest BCUT2D eigenvalue weighted by Crippen LogP contribution is -2.36. The number of ketones is 1. The number of hydroxylamine groups is 1. The molecule has 2 aromatic rings. The summed E-state index contributed by atoms with van der Waals surface area (Å²) >= 11 is 0. The highest BCUT2D eigenvalue weighted by Gasteiger charge is 2.36. The van der Waals surface area contributed by atoms with Gasteiger partial charge in [-0.3, -0.25) is 9.59 Å². The fraction of sp³-hybridized carbons (Fsp3) is 0.125. The van der Waals surface area contributed by atoms with E-state index in [1.165, 1.54) is 55.5 Å². The largest absolute Gasteiger partial charge is 0.544 e. The second-order valence-electron chi connectivity index (χ2n) is 4.61. The zero-order valence-corrected chi connectivity index (χ0v) is 12.0. The topological polar surface area (TPSA) is 46.6 Å². The van der Waals surface area contributed by atoms with E-state index in [9.17, 15) is 22.8 Å². The van der Waals surface area contributed by atoms with E-state index in [1.54, 1.807) is 6.07 Å². The first-order valence-electron chi connectivity index (χ1n) is 6.54. The number of halogens is 3. The molecule has 0 fully saturated rings. The Bertz CT molecular complexity index is 697. The summed E-state index contributed by atoms with van der Waals surface area (Å²) in [6.07, 6.45) is -5.04. The highest BCUT2D eigenvalue weighted by Crippen LogP contribution is 2.26. The molecule has 0 radical (unpaired) electrons. The molecule has 0 spiro atoms. The van der Waals surface area contributed by atoms with E-state index in [-0.39, 0.29) is 22.1 Å². The average Bonchev–Trinajstić information content (AvgIpc) is 2.52. The molecule has 0 bridgehead atoms. The number of hydrogen-bond acceptors (Lipinski definition) is 3. The van der Waals surface area contributed by atoms with E-state index in [1.807, 2.05) is 0 Å². The zero-order valence-electron chi connectivity index (χ0n) is 12.0. The van der Waals surface area contributed by atoms with Gasteiger partial charge in [-0.1, -0.05) is 18.2 Å². The third-order valence-corrected chi connectivity index (χ3v) is 2.91. The van der Waals surface area contributed by atoms with Gasteiger partial charge in [-0.25, -0.2) is 0 Å². The van der Waals surface area contributed by atoms with Crippen LogP contribution >= 0.6 is 0 Å². The highest BCUT2D eigenvalue weighted by atomic mass is 19.4. The Morgan fingerprint density at radius 1 is 0.913 bits per heavy atom. The number of Topliss-reactive ketones (excluding diaryl/α,β-unsaturated/α-hetero) is 1. The summed E-state index contributed by atoms with van der Waals surface area (Å²) in [6, 6.07) is 12.5. The molecule has 2 rings (SSSR count). The van der Waals surface area contributed by atoms with Crippen molar-refractivity contribution in [3.63, 3.8) is 0 Å². The SMILES string of the molecule is CC(=O)c1ccc(N(OC(F)(F)F)C(=O)c2ccccc2)cc1. The van der Waals surface area contributed by atoms with E-state index in [2.05, 4.69) is 4.84 Å². The van der Waals surface area contributed by atoms with E-state index in [0.717, 1.165) is 0 Å². The summed E-state index contributed by atoms with van der Waals surface area (Å²) < 4.78 is 37.8. The van der Waals surface area contributed by atoms with Gasteiger partial charge in [0.05, 0.1) is 5.69 Å². The predicted molar refractivity (Wildman–Crippen MR) is 76.8 cm³/mol. The Morgan fingerprint density at radius 3 is 1.96 bits per heavy atom. The van der Waals surface area contributed by atoms with Crippen molar-refractivity contribution in [2.75, 3.05) is 5.06 Å². The van der Waals surface area contributed by atoms with Crippen LogP contribution in [-0.4, -0.2) is 18.1 Å². The van der Waals surface area contributed by atoms with Gasteiger partial charge in [0.2, 0.25) is 0 Å². The molecule has 0 saturated heterocycles. The lowest BCUT2D eigenvalue weighted by atomic mass is 10.1. The van der Waals surface area contributed by atoms with Crippen molar-refractivity contribution in [1.29, 1.82) is 0 Å². The monoisotopic (exact) mass is 323 g/mol. The normalized spacial score (nSPS) is 11.1. The Hall–Kier alpha value is -2.67. The number of benzene rings is 2. The van der Waals surface area contributed by atoms with Crippen LogP contribution in [0.15, 0.2) is 54.6 Å². The Morgan fingerprint density at radius 2 is 1.48 bits per heavy atom. The predicted octanol–water partition coefficient (Wildman–Crippen LogP) is 3.99. The number of carbonyl (C=O) groups is 2. The quantitative estimate of drug-likeness (QED) is 0.631. The molecule has 0 aromatic heterocycles. The molecule has 23 heavy (non-hydrogen) atoms. The molecule has 0 N–H and O–H groups in total. The third kappa shape index (κ3) is 4.40. The molecule has 0 atom stereocenters. The van der Waals surface area contributed by atoms with Gasteiger partial charge in [-0.05, 0) is 43.3 Å². The van der Waals surface area contributed by atoms with Crippen molar-refractivity contribution < 1.29 is 27.6 Å². The molecule has 0 unspecified atom stereocenters. The van der Waals surface area contributed by atoms with Gasteiger partial charge in [0, 0.05) is 11.1 Å². The molecule has 0 aliphatic carbocycles. The highest BCUT2D eigenvalue weighted by molar-refractivity contribution is 6.05. The van der Waals surface area contributed by atoms with Crippen LogP contribution in [0.5, 0.6) is 0 Å². The maximum atomic E-state index is 12.6. The van der Waals surface area contributed by atoms with Gasteiger partial charge in [-0.2, -0.15) is 9.90 Å². The Balaban J connectivity index is 2.38. The molecule has 0 saturated carbocycles. The fourth-order valence-electron chi connectivity index (χ4n) is 1.84. The number of hydrogen-bond donors (Lipinski definition) is 0. The standard InChI is InChI=1S/C16H12F3NO3/c1-11(21)12-7-9-14(10-8-12)20(23-16(17,18)19)15(22)13-5-3-2-4-6-13/h2-10H,1H3. The minimum Gasteiger partial charge on any atom is -0.295 e. The molecule has 4 nitrogen and oxygen atoms in total. The summed E-state index contributed by atoms with van der Waals surface area (Å²) in [5, 5.41) is 0.152. The van der Waals surface area contributed by atoms with Gasteiger partial charge in [0.15, 0.2) is 5.78 Å². The van der Waals surface area contributed by atoms with Crippen LogP contribution in [0.4, 0.5) is 18.9 Å². The van der Waals surface area contributed by atoms with Crippen molar-refractivity contribution in [3.8, 4) is 0 Å². The first-order valence-corrected chi connectivity index (χ1v) is 6.54. The summed E-state index contributed by atoms with van der Waals surface area (Å²) in [5.74, 6) is -1.22. The van der Waals surface area contributed by atoms with Crippen LogP contribution in [0, 0.1) is 0 Å². The number of nitrogens with zero attached hydrogens (tertiary/aromatic N) is 1. The number of anilines is 1. The van der Waals surface area contributed by atoms with Crippen LogP contribution in [0.2, 0.25) is 0 Å². The first-order chi connectivity index (χ1) is 10.8. The average molecular weight is 323 g/mol. The molecule has 1 amide bonds. The van der Waals surface area contributed by atoms with Gasteiger partial charge in [0.1, 0.15) is 0 Å². The maximum absolute atomic E-state index is 12.6. The summed E-state index contributed by atoms with van der Waals surface area (Å²) in [6.45, 7) is 1.33. The van der Waals surface area contributed by atoms with E-state index in [4.69, 9.17) is 0 Å². The van der Waals surface area contributed by atoms with Crippen LogP contribution in [0.25, 0.3) is 0 Å². The maximum Gasteiger partial charge on any atom is 0.544 e. The summed E-state index contributed by atoms with van der Waals surface area (Å²) in [4.78, 5) is 27.3. The second-order valence-corrected chi connectivity index (χ2v) is 4.61. The third-order valence-electron chi connectivity index (χ3n) is 2.91. The number of amides is 1. The number of alkyl halides is 3. The molecule has 120 valence electrons. The van der Waals surface area contributed by atoms with E-state index < -0.39 is 12.3 Å². The molecular weight excluding hydrogens is 311 g/mol. The van der Waals surface area contributed by atoms with Crippen LogP contribution in [0.3, 0.4) is 0 Å². The van der Waals surface area contributed by atoms with Crippen molar-refractivity contribution in [3.05, 3.63) is 65.7 Å². The van der Waals surface area contributed by atoms with Crippen LogP contribution in [-0.2, 0) is 4.84 Å². The van der Waals surface area contributed by atoms with Gasteiger partial charge < -0.3 is 0 Å². The zero-order chi connectivity index (χ0) is 17.0. The lowest BCUT2D eigenvalue weighted by molar-refractivity contribution is -0.325. The molecule has 0 aliphatic heterocycles. The lowest BCUT2D eigenvalue weighted by Gasteiger charge is -2.23. The summed E-state index contributed by atoms with van der Waals surface area (Å²) in [5.41, 5.74) is 0.210. The summed E-state index contributed by atoms with van der Waals surface area (Å²) in [7, 11) is 0. The van der Waals surface area contributed by atoms with Crippen LogP contribution < -0.4 is 5.06 Å². The minimum absolute atomic E-state index is 0.0346. The Labute approximate surface area is 130 Å². The first kappa shape index (κ1) is 16.7. The smallest absolute Gasteiger partial charge is 0.295 e. The molecule has 7 heteroatoms. The molecule has 2 aromatic carbocycles. The van der Waals surface area contributed by atoms with E-state index >= 15 is 0 Å². The fourth-order valence-corrected chi connectivity index (χ4v) is 1.84. The van der Waals surface area contributed by atoms with E-state index in [0.29, 0.717) is 5.56 Å². The molecule has 0 aliphatic rings. The minimum atomic E-state index is -5.04. The van der Waals surface area contributed by atoms with Gasteiger partial charge in [-0.15, -0.1) is 13.2 Å². The van der Waals surface area contributed by atoms with Crippen molar-refractivity contribution in [1.82, 2.24) is 0 Å². The van der Waals surface area contributed by atoms with Gasteiger partial charge in [0.25, 0.3) is 5.91 Å². The molecular formula is C16H12F3NO3. The Kier molecular flexibility index (Phi) is 4.80. The number of rotatable bonds is 4. The number of carbonyl (C=O) groups excluding carboxylic acids is 2. The van der Waals surface area contributed by atoms with Crippen molar-refractivity contribution in [2.24, 2.45) is 0 Å². The molecule has 0 heterocycles. The second kappa shape index (κ2) is 6.62. The van der Waals surface area contributed by atoms with Gasteiger partial charge >= 0.3 is 6.36 Å².